The number of urea groups is 1. The molecule has 1 N–H and O–H groups in total. The second kappa shape index (κ2) is 13.3. The lowest BCUT2D eigenvalue weighted by Gasteiger charge is -2.37. The molecule has 2 aliphatic heterocycles. The first-order chi connectivity index (χ1) is 21.4. The lowest BCUT2D eigenvalue weighted by molar-refractivity contribution is -0.126. The van der Waals surface area contributed by atoms with Crippen LogP contribution < -0.4 is 5.32 Å². The monoisotopic (exact) mass is 627 g/mol. The van der Waals surface area contributed by atoms with Crippen LogP contribution in [0.15, 0.2) is 102 Å². The number of rotatable bonds is 7. The van der Waals surface area contributed by atoms with Gasteiger partial charge in [0.1, 0.15) is 6.04 Å². The van der Waals surface area contributed by atoms with E-state index in [9.17, 15) is 14.4 Å². The van der Waals surface area contributed by atoms with Crippen molar-refractivity contribution >= 4 is 40.7 Å². The Kier molecular flexibility index (Phi) is 9.12. The van der Waals surface area contributed by atoms with Gasteiger partial charge in [0.15, 0.2) is 5.78 Å². The number of ether oxygens (including phenoxy) is 1. The number of ketones is 1. The molecule has 1 aromatic heterocycles. The summed E-state index contributed by atoms with van der Waals surface area (Å²) < 4.78 is 5.55. The van der Waals surface area contributed by atoms with Crippen LogP contribution >= 0.6 is 22.9 Å². The van der Waals surface area contributed by atoms with Crippen molar-refractivity contribution in [3.05, 3.63) is 129 Å². The highest BCUT2D eigenvalue weighted by molar-refractivity contribution is 7.12. The van der Waals surface area contributed by atoms with Gasteiger partial charge in [0.25, 0.3) is 0 Å². The van der Waals surface area contributed by atoms with Gasteiger partial charge in [-0.25, -0.2) is 4.79 Å². The summed E-state index contributed by atoms with van der Waals surface area (Å²) in [7, 11) is 0. The zero-order chi connectivity index (χ0) is 30.6. The van der Waals surface area contributed by atoms with E-state index in [0.717, 1.165) is 16.7 Å². The molecule has 3 heterocycles. The van der Waals surface area contributed by atoms with E-state index in [-0.39, 0.29) is 23.8 Å². The summed E-state index contributed by atoms with van der Waals surface area (Å²) in [5, 5.41) is 5.62. The number of nitrogens with zero attached hydrogens (tertiary/aromatic N) is 2. The van der Waals surface area contributed by atoms with Gasteiger partial charge in [-0.05, 0) is 47.2 Å². The molecule has 0 radical (unpaired) electrons. The zero-order valence-corrected chi connectivity index (χ0v) is 25.9. The minimum atomic E-state index is -0.975. The van der Waals surface area contributed by atoms with Crippen LogP contribution in [-0.2, 0) is 9.53 Å². The van der Waals surface area contributed by atoms with Crippen LogP contribution in [0, 0.1) is 5.92 Å². The van der Waals surface area contributed by atoms with Gasteiger partial charge in [-0.1, -0.05) is 90.5 Å². The third-order valence-electron chi connectivity index (χ3n) is 8.56. The van der Waals surface area contributed by atoms with Gasteiger partial charge in [-0.3, -0.25) is 9.59 Å². The number of carbonyl (C=O) groups is 3. The van der Waals surface area contributed by atoms with Crippen molar-refractivity contribution in [2.45, 2.75) is 31.0 Å². The van der Waals surface area contributed by atoms with E-state index in [1.807, 2.05) is 97.2 Å². The Morgan fingerprint density at radius 3 is 2.16 bits per heavy atom. The van der Waals surface area contributed by atoms with Crippen molar-refractivity contribution in [2.24, 2.45) is 5.92 Å². The summed E-state index contributed by atoms with van der Waals surface area (Å²) in [4.78, 5) is 47.8. The molecule has 5 atom stereocenters. The molecule has 2 aliphatic rings. The Morgan fingerprint density at radius 2 is 1.52 bits per heavy atom. The maximum absolute atomic E-state index is 14.6. The van der Waals surface area contributed by atoms with Gasteiger partial charge in [-0.15, -0.1) is 11.3 Å². The van der Waals surface area contributed by atoms with E-state index in [2.05, 4.69) is 5.32 Å². The molecule has 4 aromatic rings. The first-order valence-corrected chi connectivity index (χ1v) is 16.1. The van der Waals surface area contributed by atoms with Crippen LogP contribution in [-0.4, -0.2) is 59.9 Å². The molecule has 6 rings (SSSR count). The second-order valence-electron chi connectivity index (χ2n) is 11.2. The van der Waals surface area contributed by atoms with Gasteiger partial charge in [0.2, 0.25) is 5.91 Å². The number of nitrogens with one attached hydrogen (secondary N) is 1. The summed E-state index contributed by atoms with van der Waals surface area (Å²) in [5.41, 5.74) is 2.52. The molecule has 0 bridgehead atoms. The summed E-state index contributed by atoms with van der Waals surface area (Å²) in [6.07, 6.45) is 0. The van der Waals surface area contributed by atoms with Crippen molar-refractivity contribution in [3.8, 4) is 0 Å². The Balaban J connectivity index is 1.53. The molecule has 0 aliphatic carbocycles. The van der Waals surface area contributed by atoms with Crippen LogP contribution in [0.1, 0.15) is 51.3 Å². The number of thiophene rings is 1. The van der Waals surface area contributed by atoms with Crippen LogP contribution in [0.2, 0.25) is 5.02 Å². The molecule has 0 saturated carbocycles. The molecule has 9 heteroatoms. The van der Waals surface area contributed by atoms with Gasteiger partial charge in [0, 0.05) is 24.0 Å². The fourth-order valence-electron chi connectivity index (χ4n) is 6.46. The average molecular weight is 628 g/mol. The van der Waals surface area contributed by atoms with Crippen LogP contribution in [0.25, 0.3) is 0 Å². The lowest BCUT2D eigenvalue weighted by Crippen LogP contribution is -2.55. The van der Waals surface area contributed by atoms with Gasteiger partial charge in [-0.2, -0.15) is 0 Å². The highest BCUT2D eigenvalue weighted by atomic mass is 35.5. The van der Waals surface area contributed by atoms with Crippen molar-refractivity contribution in [2.75, 3.05) is 26.3 Å². The second-order valence-corrected chi connectivity index (χ2v) is 12.6. The highest BCUT2D eigenvalue weighted by Gasteiger charge is 2.58. The van der Waals surface area contributed by atoms with Crippen molar-refractivity contribution in [3.63, 3.8) is 0 Å². The quantitative estimate of drug-likeness (QED) is 0.230. The Morgan fingerprint density at radius 1 is 0.864 bits per heavy atom. The topological polar surface area (TPSA) is 79.0 Å². The number of morpholine rings is 1. The summed E-state index contributed by atoms with van der Waals surface area (Å²) in [5.74, 6) is -1.78. The Bertz CT molecular complexity index is 1580. The predicted molar refractivity (Wildman–Crippen MR) is 172 cm³/mol. The molecule has 3 aromatic carbocycles. The molecule has 7 nitrogen and oxygen atoms in total. The molecule has 226 valence electrons. The third kappa shape index (κ3) is 6.02. The molecule has 44 heavy (non-hydrogen) atoms. The molecule has 0 spiro atoms. The van der Waals surface area contributed by atoms with E-state index < -0.39 is 23.9 Å². The van der Waals surface area contributed by atoms with Gasteiger partial charge >= 0.3 is 6.03 Å². The number of hydrogen-bond donors (Lipinski definition) is 1. The highest BCUT2D eigenvalue weighted by Crippen LogP contribution is 2.52. The summed E-state index contributed by atoms with van der Waals surface area (Å²) >= 11 is 7.68. The van der Waals surface area contributed by atoms with Crippen molar-refractivity contribution in [1.82, 2.24) is 15.1 Å². The fraction of sp³-hybridized carbons (Fsp3) is 0.286. The largest absolute Gasteiger partial charge is 0.378 e. The maximum atomic E-state index is 14.6. The molecule has 2 saturated heterocycles. The van der Waals surface area contributed by atoms with Gasteiger partial charge in [0.05, 0.1) is 36.1 Å². The first kappa shape index (κ1) is 30.1. The number of carbonyl (C=O) groups excluding carboxylic acids is 3. The Hall–Kier alpha value is -3.98. The number of Topliss-reactive ketones (excluding diaryl/α,β-unsaturated/α-hetero) is 1. The maximum Gasteiger partial charge on any atom is 0.321 e. The van der Waals surface area contributed by atoms with Crippen LogP contribution in [0.4, 0.5) is 4.79 Å². The lowest BCUT2D eigenvalue weighted by atomic mass is 9.77. The molecule has 3 amide bonds. The normalized spacial score (nSPS) is 22.4. The Labute approximate surface area is 266 Å². The first-order valence-electron chi connectivity index (χ1n) is 14.8. The number of halogens is 1. The smallest absolute Gasteiger partial charge is 0.321 e. The summed E-state index contributed by atoms with van der Waals surface area (Å²) in [6.45, 7) is 3.56. The standard InChI is InChI=1S/C35H34ClN3O4S/c1-23(24-9-4-2-5-10-24)37-34(41)32-29(25-14-16-27(36)17-15-25)30(33(40)28-13-8-22-44-28)31(26-11-6-3-7-12-26)39(32)35(42)38-18-20-43-21-19-38/h2-17,22-23,29-32H,18-21H2,1H3,(H,37,41). The van der Waals surface area contributed by atoms with Crippen LogP contribution in [0.3, 0.4) is 0 Å². The van der Waals surface area contributed by atoms with Crippen molar-refractivity contribution in [1.29, 1.82) is 0 Å². The molecule has 2 fully saturated rings. The molecular weight excluding hydrogens is 594 g/mol. The summed E-state index contributed by atoms with van der Waals surface area (Å²) in [6, 6.07) is 28.0. The predicted octanol–water partition coefficient (Wildman–Crippen LogP) is 6.74. The minimum Gasteiger partial charge on any atom is -0.378 e. The van der Waals surface area contributed by atoms with Crippen LogP contribution in [0.5, 0.6) is 0 Å². The van der Waals surface area contributed by atoms with Gasteiger partial charge < -0.3 is 19.9 Å². The zero-order valence-electron chi connectivity index (χ0n) is 24.3. The van der Waals surface area contributed by atoms with E-state index in [4.69, 9.17) is 16.3 Å². The SMILES string of the molecule is CC(NC(=O)C1C(c2ccc(Cl)cc2)C(C(=O)c2cccs2)C(c2ccccc2)N1C(=O)N1CCOCC1)c1ccccc1. The van der Waals surface area contributed by atoms with E-state index in [0.29, 0.717) is 36.2 Å². The third-order valence-corrected chi connectivity index (χ3v) is 9.70. The number of likely N-dealkylation sites (tertiary alicyclic amines) is 1. The number of amides is 3. The number of hydrogen-bond acceptors (Lipinski definition) is 5. The molecular formula is C35H34ClN3O4S. The fourth-order valence-corrected chi connectivity index (χ4v) is 7.30. The van der Waals surface area contributed by atoms with E-state index in [1.165, 1.54) is 11.3 Å². The minimum absolute atomic E-state index is 0.0972. The molecule has 5 unspecified atom stereocenters. The van der Waals surface area contributed by atoms with E-state index in [1.54, 1.807) is 21.9 Å². The van der Waals surface area contributed by atoms with E-state index >= 15 is 0 Å². The average Bonchev–Trinajstić information content (AvgIpc) is 3.73. The number of benzene rings is 3. The van der Waals surface area contributed by atoms with Crippen molar-refractivity contribution < 1.29 is 19.1 Å².